The van der Waals surface area contributed by atoms with Gasteiger partial charge in [0.05, 0.1) is 12.1 Å². The Morgan fingerprint density at radius 3 is 2.88 bits per heavy atom. The van der Waals surface area contributed by atoms with Gasteiger partial charge < -0.3 is 10.5 Å². The van der Waals surface area contributed by atoms with Gasteiger partial charge >= 0.3 is 0 Å². The van der Waals surface area contributed by atoms with Gasteiger partial charge in [-0.2, -0.15) is 5.26 Å². The third kappa shape index (κ3) is 1.52. The molecule has 1 aromatic heterocycles. The Hall–Kier alpha value is -2.28. The summed E-state index contributed by atoms with van der Waals surface area (Å²) in [5.74, 6) is 0.734. The molecule has 80 valence electrons. The topological polar surface area (TPSA) is 71.9 Å². The number of benzene rings is 1. The fourth-order valence-corrected chi connectivity index (χ4v) is 1.60. The molecule has 2 rings (SSSR count). The number of anilines is 1. The lowest BCUT2D eigenvalue weighted by molar-refractivity contribution is 0.343. The molecule has 0 spiro atoms. The molecule has 4 heteroatoms. The van der Waals surface area contributed by atoms with E-state index in [1.165, 1.54) is 0 Å². The van der Waals surface area contributed by atoms with Crippen molar-refractivity contribution in [3.05, 3.63) is 29.8 Å². The number of nitrogen functional groups attached to an aromatic ring is 1. The number of nitrogens with two attached hydrogens (primary N) is 1. The number of aromatic nitrogens is 1. The van der Waals surface area contributed by atoms with Crippen LogP contribution < -0.4 is 10.5 Å². The van der Waals surface area contributed by atoms with E-state index in [1.54, 1.807) is 0 Å². The van der Waals surface area contributed by atoms with Gasteiger partial charge in [-0.15, -0.1) is 0 Å². The summed E-state index contributed by atoms with van der Waals surface area (Å²) in [5, 5.41) is 9.85. The smallest absolute Gasteiger partial charge is 0.150 e. The predicted molar refractivity (Wildman–Crippen MR) is 62.0 cm³/mol. The molecular formula is C12H11N3O. The summed E-state index contributed by atoms with van der Waals surface area (Å²) in [6.07, 6.45) is 0. The summed E-state index contributed by atoms with van der Waals surface area (Å²) in [6, 6.07) is 9.49. The van der Waals surface area contributed by atoms with Gasteiger partial charge in [-0.1, -0.05) is 12.1 Å². The van der Waals surface area contributed by atoms with Crippen molar-refractivity contribution in [1.29, 1.82) is 5.26 Å². The van der Waals surface area contributed by atoms with Crippen molar-refractivity contribution in [3.8, 4) is 11.8 Å². The van der Waals surface area contributed by atoms with Gasteiger partial charge in [0.1, 0.15) is 23.2 Å². The van der Waals surface area contributed by atoms with E-state index in [2.05, 4.69) is 4.98 Å². The van der Waals surface area contributed by atoms with Crippen LogP contribution >= 0.6 is 0 Å². The Labute approximate surface area is 93.3 Å². The van der Waals surface area contributed by atoms with Gasteiger partial charge in [0.25, 0.3) is 0 Å². The molecule has 0 fully saturated rings. The summed E-state index contributed by atoms with van der Waals surface area (Å²) in [5.41, 5.74) is 6.76. The maximum atomic E-state index is 9.04. The molecule has 0 aliphatic carbocycles. The maximum Gasteiger partial charge on any atom is 0.150 e. The number of nitriles is 1. The first-order chi connectivity index (χ1) is 7.77. The van der Waals surface area contributed by atoms with Crippen LogP contribution in [0.4, 0.5) is 5.82 Å². The number of hydrogen-bond acceptors (Lipinski definition) is 4. The van der Waals surface area contributed by atoms with Crippen molar-refractivity contribution < 1.29 is 4.74 Å². The van der Waals surface area contributed by atoms with Gasteiger partial charge in [-0.25, -0.2) is 4.98 Å². The molecule has 0 amide bonds. The predicted octanol–water partition coefficient (Wildman–Crippen LogP) is 2.09. The number of fused-ring (bicyclic) bond motifs is 1. The second-order valence-corrected chi connectivity index (χ2v) is 3.26. The number of para-hydroxylation sites is 1. The quantitative estimate of drug-likeness (QED) is 0.829. The van der Waals surface area contributed by atoms with Crippen LogP contribution in [0.2, 0.25) is 0 Å². The highest BCUT2D eigenvalue weighted by atomic mass is 16.5. The number of hydrogen-bond donors (Lipinski definition) is 1. The van der Waals surface area contributed by atoms with Crippen molar-refractivity contribution in [2.45, 2.75) is 6.92 Å². The van der Waals surface area contributed by atoms with E-state index in [-0.39, 0.29) is 5.82 Å². The van der Waals surface area contributed by atoms with E-state index in [4.69, 9.17) is 15.7 Å². The first-order valence-electron chi connectivity index (χ1n) is 4.99. The molecule has 0 radical (unpaired) electrons. The summed E-state index contributed by atoms with van der Waals surface area (Å²) in [7, 11) is 0. The molecule has 4 nitrogen and oxygen atoms in total. The third-order valence-electron chi connectivity index (χ3n) is 2.27. The van der Waals surface area contributed by atoms with Crippen molar-refractivity contribution in [3.63, 3.8) is 0 Å². The van der Waals surface area contributed by atoms with Crippen molar-refractivity contribution >= 4 is 16.7 Å². The second-order valence-electron chi connectivity index (χ2n) is 3.26. The minimum absolute atomic E-state index is 0.213. The molecular weight excluding hydrogens is 202 g/mol. The monoisotopic (exact) mass is 213 g/mol. The fourth-order valence-electron chi connectivity index (χ4n) is 1.60. The largest absolute Gasteiger partial charge is 0.492 e. The molecule has 0 aliphatic rings. The molecule has 0 bridgehead atoms. The fraction of sp³-hybridized carbons (Fsp3) is 0.167. The number of pyridine rings is 1. The Balaban J connectivity index is 2.83. The van der Waals surface area contributed by atoms with Crippen LogP contribution in [0, 0.1) is 11.3 Å². The highest BCUT2D eigenvalue weighted by Gasteiger charge is 2.13. The van der Waals surface area contributed by atoms with E-state index in [9.17, 15) is 0 Å². The molecule has 1 heterocycles. The summed E-state index contributed by atoms with van der Waals surface area (Å²) < 4.78 is 5.48. The minimum Gasteiger partial charge on any atom is -0.492 e. The zero-order valence-electron chi connectivity index (χ0n) is 8.90. The van der Waals surface area contributed by atoms with E-state index in [0.29, 0.717) is 17.9 Å². The van der Waals surface area contributed by atoms with Crippen LogP contribution in [0.1, 0.15) is 12.5 Å². The van der Waals surface area contributed by atoms with Gasteiger partial charge in [0, 0.05) is 5.39 Å². The van der Waals surface area contributed by atoms with Gasteiger partial charge in [0.15, 0.2) is 0 Å². The molecule has 0 atom stereocenters. The van der Waals surface area contributed by atoms with Crippen LogP contribution in [-0.4, -0.2) is 11.6 Å². The van der Waals surface area contributed by atoms with Crippen LogP contribution in [0.3, 0.4) is 0 Å². The van der Waals surface area contributed by atoms with E-state index >= 15 is 0 Å². The minimum atomic E-state index is 0.213. The zero-order chi connectivity index (χ0) is 11.5. The standard InChI is InChI=1S/C12H11N3O/c1-2-16-11-8-5-3-4-6-10(8)15-12(14)9(11)7-13/h3-6H,2H2,1H3,(H2,14,15). The zero-order valence-corrected chi connectivity index (χ0v) is 8.90. The molecule has 2 N–H and O–H groups in total. The molecule has 0 saturated heterocycles. The highest BCUT2D eigenvalue weighted by Crippen LogP contribution is 2.31. The maximum absolute atomic E-state index is 9.04. The Kier molecular flexibility index (Phi) is 2.61. The van der Waals surface area contributed by atoms with Crippen LogP contribution in [0.15, 0.2) is 24.3 Å². The molecule has 0 saturated carbocycles. The number of ether oxygens (including phenoxy) is 1. The number of rotatable bonds is 2. The lowest BCUT2D eigenvalue weighted by atomic mass is 10.1. The first-order valence-corrected chi connectivity index (χ1v) is 4.99. The molecule has 0 aliphatic heterocycles. The van der Waals surface area contributed by atoms with Crippen LogP contribution in [-0.2, 0) is 0 Å². The summed E-state index contributed by atoms with van der Waals surface area (Å²) in [6.45, 7) is 2.36. The summed E-state index contributed by atoms with van der Waals surface area (Å²) in [4.78, 5) is 4.16. The first kappa shape index (κ1) is 10.2. The second kappa shape index (κ2) is 4.07. The van der Waals surface area contributed by atoms with E-state index in [1.807, 2.05) is 37.3 Å². The average molecular weight is 213 g/mol. The van der Waals surface area contributed by atoms with Gasteiger partial charge in [-0.05, 0) is 19.1 Å². The Morgan fingerprint density at radius 2 is 2.19 bits per heavy atom. The average Bonchev–Trinajstić information content (AvgIpc) is 2.29. The molecule has 16 heavy (non-hydrogen) atoms. The lowest BCUT2D eigenvalue weighted by Crippen LogP contribution is -2.02. The lowest BCUT2D eigenvalue weighted by Gasteiger charge is -2.10. The van der Waals surface area contributed by atoms with E-state index < -0.39 is 0 Å². The van der Waals surface area contributed by atoms with Crippen molar-refractivity contribution in [2.75, 3.05) is 12.3 Å². The van der Waals surface area contributed by atoms with Crippen molar-refractivity contribution in [2.24, 2.45) is 0 Å². The van der Waals surface area contributed by atoms with Gasteiger partial charge in [-0.3, -0.25) is 0 Å². The van der Waals surface area contributed by atoms with Crippen molar-refractivity contribution in [1.82, 2.24) is 4.98 Å². The van der Waals surface area contributed by atoms with Crippen LogP contribution in [0.5, 0.6) is 5.75 Å². The molecule has 0 unspecified atom stereocenters. The SMILES string of the molecule is CCOc1c(C#N)c(N)nc2ccccc12. The third-order valence-corrected chi connectivity index (χ3v) is 2.27. The Morgan fingerprint density at radius 1 is 1.44 bits per heavy atom. The number of nitrogens with zero attached hydrogens (tertiary/aromatic N) is 2. The Bertz CT molecular complexity index is 572. The summed E-state index contributed by atoms with van der Waals surface area (Å²) >= 11 is 0. The van der Waals surface area contributed by atoms with E-state index in [0.717, 1.165) is 10.9 Å². The normalized spacial score (nSPS) is 10.0. The molecule has 2 aromatic rings. The van der Waals surface area contributed by atoms with Crippen LogP contribution in [0.25, 0.3) is 10.9 Å². The molecule has 1 aromatic carbocycles. The van der Waals surface area contributed by atoms with Gasteiger partial charge in [0.2, 0.25) is 0 Å². The highest BCUT2D eigenvalue weighted by molar-refractivity contribution is 5.90.